The summed E-state index contributed by atoms with van der Waals surface area (Å²) < 4.78 is 0. The van der Waals surface area contributed by atoms with Crippen LogP contribution in [-0.4, -0.2) is 22.8 Å². The maximum Gasteiger partial charge on any atom is 0.121 e. The molecule has 3 aromatic carbocycles. The van der Waals surface area contributed by atoms with Crippen LogP contribution in [-0.2, 0) is 11.8 Å². The predicted molar refractivity (Wildman–Crippen MR) is 112 cm³/mol. The van der Waals surface area contributed by atoms with Crippen LogP contribution in [0.1, 0.15) is 33.4 Å². The Labute approximate surface area is 162 Å². The molecular formula is C24H18N4. The highest BCUT2D eigenvalue weighted by Gasteiger charge is 2.54. The SMILES string of the molecule is N=C1Cc2ccccc2C2(C(=N)c3ccccc31)C(=N)c1ccccc1C2=N. The van der Waals surface area contributed by atoms with E-state index in [0.717, 1.165) is 11.1 Å². The van der Waals surface area contributed by atoms with Gasteiger partial charge >= 0.3 is 0 Å². The van der Waals surface area contributed by atoms with Gasteiger partial charge in [0, 0.05) is 34.4 Å². The third-order valence-corrected chi connectivity index (χ3v) is 5.90. The Balaban J connectivity index is 1.91. The van der Waals surface area contributed by atoms with E-state index in [4.69, 9.17) is 16.2 Å². The normalized spacial score (nSPS) is 20.4. The van der Waals surface area contributed by atoms with Gasteiger partial charge in [0.2, 0.25) is 0 Å². The van der Waals surface area contributed by atoms with Crippen LogP contribution in [0.4, 0.5) is 0 Å². The number of fused-ring (bicyclic) bond motifs is 4. The van der Waals surface area contributed by atoms with Gasteiger partial charge in [0.25, 0.3) is 0 Å². The average Bonchev–Trinajstić information content (AvgIpc) is 2.95. The molecule has 0 amide bonds. The third-order valence-electron chi connectivity index (χ3n) is 5.90. The van der Waals surface area contributed by atoms with Crippen molar-refractivity contribution in [2.45, 2.75) is 11.8 Å². The van der Waals surface area contributed by atoms with Crippen molar-refractivity contribution in [3.63, 3.8) is 0 Å². The lowest BCUT2D eigenvalue weighted by atomic mass is 9.65. The van der Waals surface area contributed by atoms with Gasteiger partial charge in [-0.25, -0.2) is 0 Å². The molecule has 0 aliphatic heterocycles. The summed E-state index contributed by atoms with van der Waals surface area (Å²) in [4.78, 5) is 0. The van der Waals surface area contributed by atoms with Gasteiger partial charge in [-0.1, -0.05) is 72.8 Å². The second-order valence-electron chi connectivity index (χ2n) is 7.28. The second-order valence-corrected chi connectivity index (χ2v) is 7.28. The molecule has 0 atom stereocenters. The predicted octanol–water partition coefficient (Wildman–Crippen LogP) is 4.37. The molecule has 0 bridgehead atoms. The Morgan fingerprint density at radius 3 is 1.54 bits per heavy atom. The van der Waals surface area contributed by atoms with Gasteiger partial charge in [-0.15, -0.1) is 0 Å². The van der Waals surface area contributed by atoms with Gasteiger partial charge in [0.05, 0.1) is 17.1 Å². The fraction of sp³-hybridized carbons (Fsp3) is 0.0833. The van der Waals surface area contributed by atoms with Gasteiger partial charge in [-0.3, -0.25) is 0 Å². The zero-order chi connectivity index (χ0) is 19.5. The minimum Gasteiger partial charge on any atom is -0.304 e. The molecule has 1 spiro atoms. The molecule has 0 heterocycles. The second kappa shape index (κ2) is 5.67. The summed E-state index contributed by atoms with van der Waals surface area (Å²) in [5.74, 6) is 0. The Hall–Kier alpha value is -3.66. The monoisotopic (exact) mass is 362 g/mol. The van der Waals surface area contributed by atoms with Crippen molar-refractivity contribution in [3.8, 4) is 0 Å². The van der Waals surface area contributed by atoms with Gasteiger partial charge < -0.3 is 21.6 Å². The highest BCUT2D eigenvalue weighted by atomic mass is 14.7. The maximum absolute atomic E-state index is 9.23. The molecule has 4 N–H and O–H groups in total. The molecular weight excluding hydrogens is 344 g/mol. The van der Waals surface area contributed by atoms with Gasteiger partial charge in [0.1, 0.15) is 5.41 Å². The van der Waals surface area contributed by atoms with Gasteiger partial charge in [0.15, 0.2) is 0 Å². The summed E-state index contributed by atoms with van der Waals surface area (Å²) in [5, 5.41) is 36.0. The molecule has 4 nitrogen and oxygen atoms in total. The Morgan fingerprint density at radius 2 is 0.964 bits per heavy atom. The molecule has 2 aliphatic rings. The van der Waals surface area contributed by atoms with E-state index in [1.54, 1.807) is 0 Å². The number of hydrogen-bond acceptors (Lipinski definition) is 4. The van der Waals surface area contributed by atoms with Crippen molar-refractivity contribution in [2.24, 2.45) is 0 Å². The number of nitrogens with one attached hydrogen (secondary N) is 4. The first-order valence-electron chi connectivity index (χ1n) is 9.19. The minimum absolute atomic E-state index is 0.200. The van der Waals surface area contributed by atoms with E-state index in [1.165, 1.54) is 0 Å². The molecule has 0 unspecified atom stereocenters. The van der Waals surface area contributed by atoms with E-state index in [-0.39, 0.29) is 17.1 Å². The topological polar surface area (TPSA) is 95.4 Å². The maximum atomic E-state index is 9.23. The third kappa shape index (κ3) is 1.89. The van der Waals surface area contributed by atoms with Crippen LogP contribution < -0.4 is 0 Å². The average molecular weight is 362 g/mol. The smallest absolute Gasteiger partial charge is 0.121 e. The molecule has 4 heteroatoms. The highest BCUT2D eigenvalue weighted by Crippen LogP contribution is 2.45. The Bertz CT molecular complexity index is 1180. The van der Waals surface area contributed by atoms with Crippen molar-refractivity contribution in [1.82, 2.24) is 0 Å². The zero-order valence-corrected chi connectivity index (χ0v) is 15.1. The highest BCUT2D eigenvalue weighted by molar-refractivity contribution is 6.48. The molecule has 5 rings (SSSR count). The molecule has 0 fully saturated rings. The van der Waals surface area contributed by atoms with Crippen molar-refractivity contribution >= 4 is 22.8 Å². The van der Waals surface area contributed by atoms with Gasteiger partial charge in [-0.05, 0) is 11.1 Å². The first-order chi connectivity index (χ1) is 13.6. The lowest BCUT2D eigenvalue weighted by molar-refractivity contribution is 0.973. The quantitative estimate of drug-likeness (QED) is 0.457. The van der Waals surface area contributed by atoms with Crippen molar-refractivity contribution < 1.29 is 0 Å². The van der Waals surface area contributed by atoms with Crippen LogP contribution in [0.2, 0.25) is 0 Å². The van der Waals surface area contributed by atoms with Crippen LogP contribution in [0, 0.1) is 21.6 Å². The molecule has 0 saturated heterocycles. The van der Waals surface area contributed by atoms with Crippen LogP contribution in [0.15, 0.2) is 72.8 Å². The van der Waals surface area contributed by atoms with E-state index >= 15 is 0 Å². The number of benzene rings is 3. The summed E-state index contributed by atoms with van der Waals surface area (Å²) in [6.45, 7) is 0. The molecule has 3 aromatic rings. The zero-order valence-electron chi connectivity index (χ0n) is 15.1. The summed E-state index contributed by atoms with van der Waals surface area (Å²) in [5.41, 5.74) is 4.36. The molecule has 0 radical (unpaired) electrons. The van der Waals surface area contributed by atoms with E-state index < -0.39 is 5.41 Å². The van der Waals surface area contributed by atoms with Crippen LogP contribution >= 0.6 is 0 Å². The Morgan fingerprint density at radius 1 is 0.536 bits per heavy atom. The fourth-order valence-electron chi connectivity index (χ4n) is 4.59. The lowest BCUT2D eigenvalue weighted by Crippen LogP contribution is -2.48. The van der Waals surface area contributed by atoms with Crippen molar-refractivity contribution in [2.75, 3.05) is 0 Å². The number of hydrogen-bond donors (Lipinski definition) is 4. The summed E-state index contributed by atoms with van der Waals surface area (Å²) in [6.07, 6.45) is 0.416. The van der Waals surface area contributed by atoms with Crippen molar-refractivity contribution in [1.29, 1.82) is 21.6 Å². The largest absolute Gasteiger partial charge is 0.304 e. The van der Waals surface area contributed by atoms with Crippen molar-refractivity contribution in [3.05, 3.63) is 106 Å². The van der Waals surface area contributed by atoms with Crippen LogP contribution in [0.3, 0.4) is 0 Å². The molecule has 134 valence electrons. The molecule has 0 saturated carbocycles. The van der Waals surface area contributed by atoms with E-state index in [1.807, 2.05) is 72.8 Å². The molecule has 0 aromatic heterocycles. The molecule has 2 aliphatic carbocycles. The summed E-state index contributed by atoms with van der Waals surface area (Å²) in [6, 6.07) is 22.6. The van der Waals surface area contributed by atoms with E-state index in [9.17, 15) is 5.41 Å². The fourth-order valence-corrected chi connectivity index (χ4v) is 4.59. The van der Waals surface area contributed by atoms with E-state index in [0.29, 0.717) is 34.4 Å². The van der Waals surface area contributed by atoms with Crippen LogP contribution in [0.25, 0.3) is 0 Å². The lowest BCUT2D eigenvalue weighted by Gasteiger charge is -2.35. The minimum atomic E-state index is -1.25. The van der Waals surface area contributed by atoms with Crippen LogP contribution in [0.5, 0.6) is 0 Å². The van der Waals surface area contributed by atoms with E-state index in [2.05, 4.69) is 0 Å². The Kier molecular flexibility index (Phi) is 3.34. The summed E-state index contributed by atoms with van der Waals surface area (Å²) in [7, 11) is 0. The van der Waals surface area contributed by atoms with Gasteiger partial charge in [-0.2, -0.15) is 0 Å². The standard InChI is InChI=1S/C24H18N4/c25-20-13-14-7-1-6-12-19(14)24(21(26)16-9-3-2-8-15(16)20)22(27)17-10-4-5-11-18(17)23(24)28/h1-12,25-28H,13H2. The first kappa shape index (κ1) is 16.5. The molecule has 28 heavy (non-hydrogen) atoms. The number of rotatable bonds is 0. The first-order valence-corrected chi connectivity index (χ1v) is 9.19. The summed E-state index contributed by atoms with van der Waals surface area (Å²) >= 11 is 0.